The zero-order chi connectivity index (χ0) is 20.5. The molecule has 2 aromatic carbocycles. The minimum Gasteiger partial charge on any atom is -0.378 e. The molecule has 156 valence electrons. The maximum atomic E-state index is 14.5. The molecule has 1 fully saturated rings. The molecule has 7 heteroatoms. The summed E-state index contributed by atoms with van der Waals surface area (Å²) in [4.78, 5) is 6.52. The van der Waals surface area contributed by atoms with Crippen LogP contribution in [0.25, 0.3) is 0 Å². The smallest absolute Gasteiger partial charge is 0.191 e. The number of nitrogens with one attached hydrogen (secondary N) is 2. The van der Waals surface area contributed by atoms with Gasteiger partial charge in [-0.3, -0.25) is 0 Å². The van der Waals surface area contributed by atoms with Gasteiger partial charge in [0.15, 0.2) is 5.96 Å². The Labute approximate surface area is 170 Å². The van der Waals surface area contributed by atoms with Crippen LogP contribution in [-0.2, 0) is 17.7 Å². The number of anilines is 1. The van der Waals surface area contributed by atoms with Gasteiger partial charge in [-0.2, -0.15) is 0 Å². The quantitative estimate of drug-likeness (QED) is 0.552. The van der Waals surface area contributed by atoms with Crippen LogP contribution in [0.4, 0.5) is 14.5 Å². The number of rotatable bonds is 7. The molecule has 0 unspecified atom stereocenters. The highest BCUT2D eigenvalue weighted by Gasteiger charge is 2.15. The van der Waals surface area contributed by atoms with Gasteiger partial charge < -0.3 is 20.3 Å². The lowest BCUT2D eigenvalue weighted by Gasteiger charge is -2.29. The number of guanidine groups is 1. The molecule has 0 atom stereocenters. The Hall–Kier alpha value is -2.67. The normalized spacial score (nSPS) is 14.7. The van der Waals surface area contributed by atoms with Crippen LogP contribution in [0.5, 0.6) is 0 Å². The van der Waals surface area contributed by atoms with Crippen molar-refractivity contribution >= 4 is 11.6 Å². The van der Waals surface area contributed by atoms with Crippen LogP contribution in [0.15, 0.2) is 47.5 Å². The molecule has 1 aliphatic heterocycles. The second kappa shape index (κ2) is 10.8. The largest absolute Gasteiger partial charge is 0.378 e. The average molecular weight is 402 g/mol. The molecular formula is C22H28F2N4O. The summed E-state index contributed by atoms with van der Waals surface area (Å²) in [6.45, 7) is 6.23. The van der Waals surface area contributed by atoms with Crippen LogP contribution in [-0.4, -0.2) is 45.4 Å². The summed E-state index contributed by atoms with van der Waals surface area (Å²) in [5, 5.41) is 6.36. The van der Waals surface area contributed by atoms with E-state index in [1.165, 1.54) is 12.1 Å². The molecule has 5 nitrogen and oxygen atoms in total. The van der Waals surface area contributed by atoms with Crippen LogP contribution >= 0.6 is 0 Å². The SMILES string of the molecule is CCNC(=NCc1ccc(N2CCOCC2)c(F)c1)NCCc1ccccc1F. The Balaban J connectivity index is 1.57. The van der Waals surface area contributed by atoms with E-state index in [4.69, 9.17) is 4.74 Å². The molecular weight excluding hydrogens is 374 g/mol. The molecule has 0 aliphatic carbocycles. The topological polar surface area (TPSA) is 48.9 Å². The summed E-state index contributed by atoms with van der Waals surface area (Å²) < 4.78 is 33.6. The second-order valence-electron chi connectivity index (χ2n) is 6.85. The third kappa shape index (κ3) is 6.15. The van der Waals surface area contributed by atoms with Crippen LogP contribution in [0, 0.1) is 11.6 Å². The number of aliphatic imine (C=N–C) groups is 1. The summed E-state index contributed by atoms with van der Waals surface area (Å²) in [5.74, 6) is 0.186. The number of hydrogen-bond acceptors (Lipinski definition) is 3. The fraction of sp³-hybridized carbons (Fsp3) is 0.409. The van der Waals surface area contributed by atoms with Gasteiger partial charge in [0.25, 0.3) is 0 Å². The molecule has 0 aromatic heterocycles. The van der Waals surface area contributed by atoms with E-state index >= 15 is 0 Å². The second-order valence-corrected chi connectivity index (χ2v) is 6.85. The standard InChI is InChI=1S/C22H28F2N4O/c1-2-25-22(26-10-9-18-5-3-4-6-19(18)23)27-16-17-7-8-21(20(24)15-17)28-11-13-29-14-12-28/h3-8,15H,2,9-14,16H2,1H3,(H2,25,26,27). The highest BCUT2D eigenvalue weighted by molar-refractivity contribution is 5.79. The van der Waals surface area contributed by atoms with Crippen molar-refractivity contribution < 1.29 is 13.5 Å². The number of benzene rings is 2. The first-order valence-electron chi connectivity index (χ1n) is 10.0. The highest BCUT2D eigenvalue weighted by atomic mass is 19.1. The summed E-state index contributed by atoms with van der Waals surface area (Å²) in [7, 11) is 0. The van der Waals surface area contributed by atoms with E-state index in [1.807, 2.05) is 30.0 Å². The minimum absolute atomic E-state index is 0.202. The van der Waals surface area contributed by atoms with Gasteiger partial charge in [-0.15, -0.1) is 0 Å². The van der Waals surface area contributed by atoms with Gasteiger partial charge in [-0.25, -0.2) is 13.8 Å². The molecule has 0 bridgehead atoms. The van der Waals surface area contributed by atoms with Crippen molar-refractivity contribution in [3.05, 3.63) is 65.2 Å². The molecule has 3 rings (SSSR count). The van der Waals surface area contributed by atoms with E-state index in [9.17, 15) is 8.78 Å². The van der Waals surface area contributed by atoms with Crippen LogP contribution < -0.4 is 15.5 Å². The van der Waals surface area contributed by atoms with Crippen LogP contribution in [0.1, 0.15) is 18.1 Å². The first kappa shape index (κ1) is 21.0. The van der Waals surface area contributed by atoms with E-state index in [2.05, 4.69) is 15.6 Å². The monoisotopic (exact) mass is 402 g/mol. The number of morpholine rings is 1. The molecule has 1 aliphatic rings. The fourth-order valence-corrected chi connectivity index (χ4v) is 3.24. The van der Waals surface area contributed by atoms with Crippen molar-refractivity contribution in [1.29, 1.82) is 0 Å². The Morgan fingerprint density at radius 1 is 1.07 bits per heavy atom. The van der Waals surface area contributed by atoms with Gasteiger partial charge >= 0.3 is 0 Å². The van der Waals surface area contributed by atoms with E-state index < -0.39 is 0 Å². The fourth-order valence-electron chi connectivity index (χ4n) is 3.24. The highest BCUT2D eigenvalue weighted by Crippen LogP contribution is 2.22. The molecule has 29 heavy (non-hydrogen) atoms. The summed E-state index contributed by atoms with van der Waals surface area (Å²) >= 11 is 0. The zero-order valence-corrected chi connectivity index (χ0v) is 16.8. The third-order valence-corrected chi connectivity index (χ3v) is 4.77. The number of ether oxygens (including phenoxy) is 1. The van der Waals surface area contributed by atoms with Crippen LogP contribution in [0.3, 0.4) is 0 Å². The summed E-state index contributed by atoms with van der Waals surface area (Å²) in [6.07, 6.45) is 0.556. The maximum Gasteiger partial charge on any atom is 0.191 e. The molecule has 0 amide bonds. The van der Waals surface area contributed by atoms with E-state index in [1.54, 1.807) is 12.1 Å². The lowest BCUT2D eigenvalue weighted by molar-refractivity contribution is 0.122. The van der Waals surface area contributed by atoms with Gasteiger partial charge in [0.1, 0.15) is 11.6 Å². The van der Waals surface area contributed by atoms with Crippen molar-refractivity contribution in [1.82, 2.24) is 10.6 Å². The molecule has 1 heterocycles. The summed E-state index contributed by atoms with van der Waals surface area (Å²) in [6, 6.07) is 12.0. The van der Waals surface area contributed by atoms with Crippen molar-refractivity contribution in [2.24, 2.45) is 4.99 Å². The first-order valence-corrected chi connectivity index (χ1v) is 10.0. The Morgan fingerprint density at radius 2 is 1.86 bits per heavy atom. The third-order valence-electron chi connectivity index (χ3n) is 4.77. The van der Waals surface area contributed by atoms with Gasteiger partial charge in [-0.05, 0) is 42.7 Å². The molecule has 0 saturated carbocycles. The predicted molar refractivity (Wildman–Crippen MR) is 112 cm³/mol. The van der Waals surface area contributed by atoms with Gasteiger partial charge in [0, 0.05) is 26.2 Å². The average Bonchev–Trinajstić information content (AvgIpc) is 2.74. The molecule has 1 saturated heterocycles. The van der Waals surface area contributed by atoms with Crippen molar-refractivity contribution in [2.45, 2.75) is 19.9 Å². The Kier molecular flexibility index (Phi) is 7.81. The Bertz CT molecular complexity index is 822. The van der Waals surface area contributed by atoms with E-state index in [0.29, 0.717) is 69.6 Å². The van der Waals surface area contributed by atoms with Crippen molar-refractivity contribution in [2.75, 3.05) is 44.3 Å². The van der Waals surface area contributed by atoms with Gasteiger partial charge in [0.2, 0.25) is 0 Å². The van der Waals surface area contributed by atoms with Crippen LogP contribution in [0.2, 0.25) is 0 Å². The predicted octanol–water partition coefficient (Wildman–Crippen LogP) is 3.10. The lowest BCUT2D eigenvalue weighted by atomic mass is 10.1. The Morgan fingerprint density at radius 3 is 2.59 bits per heavy atom. The number of nitrogens with zero attached hydrogens (tertiary/aromatic N) is 2. The first-order chi connectivity index (χ1) is 14.2. The van der Waals surface area contributed by atoms with Gasteiger partial charge in [-0.1, -0.05) is 24.3 Å². The summed E-state index contributed by atoms with van der Waals surface area (Å²) in [5.41, 5.74) is 2.07. The zero-order valence-electron chi connectivity index (χ0n) is 16.8. The minimum atomic E-state index is -0.239. The van der Waals surface area contributed by atoms with E-state index in [0.717, 1.165) is 5.56 Å². The molecule has 0 radical (unpaired) electrons. The van der Waals surface area contributed by atoms with Gasteiger partial charge in [0.05, 0.1) is 25.4 Å². The number of halogens is 2. The van der Waals surface area contributed by atoms with E-state index in [-0.39, 0.29) is 11.6 Å². The van der Waals surface area contributed by atoms with Crippen molar-refractivity contribution in [3.8, 4) is 0 Å². The molecule has 0 spiro atoms. The lowest BCUT2D eigenvalue weighted by Crippen LogP contribution is -2.38. The van der Waals surface area contributed by atoms with Crippen molar-refractivity contribution in [3.63, 3.8) is 0 Å². The maximum absolute atomic E-state index is 14.5. The number of hydrogen-bond donors (Lipinski definition) is 2. The molecule has 2 N–H and O–H groups in total. The molecule has 2 aromatic rings.